The lowest BCUT2D eigenvalue weighted by molar-refractivity contribution is 0.824. The predicted molar refractivity (Wildman–Crippen MR) is 98.8 cm³/mol. The summed E-state index contributed by atoms with van der Waals surface area (Å²) in [5.74, 6) is 0.560. The third kappa shape index (κ3) is 3.98. The van der Waals surface area contributed by atoms with Crippen molar-refractivity contribution in [3.63, 3.8) is 0 Å². The smallest absolute Gasteiger partial charge is 0.278 e. The molecule has 3 rings (SSSR count). The minimum absolute atomic E-state index is 0.265. The van der Waals surface area contributed by atoms with E-state index in [1.54, 1.807) is 12.1 Å². The van der Waals surface area contributed by atoms with Crippen LogP contribution < -0.4 is 5.56 Å². The molecule has 0 saturated heterocycles. The summed E-state index contributed by atoms with van der Waals surface area (Å²) in [5, 5.41) is 9.77. The summed E-state index contributed by atoms with van der Waals surface area (Å²) >= 11 is 13.4. The van der Waals surface area contributed by atoms with Crippen LogP contribution in [0.1, 0.15) is 11.1 Å². The molecule has 24 heavy (non-hydrogen) atoms. The maximum Gasteiger partial charge on any atom is 0.278 e. The van der Waals surface area contributed by atoms with Crippen molar-refractivity contribution < 1.29 is 0 Å². The van der Waals surface area contributed by atoms with Crippen LogP contribution in [0.15, 0.2) is 52.4 Å². The standard InChI is InChI=1S/C17H13Cl2N3OS/c1-10-2-4-11(5-3-10)15-16(23)20-17(22-21-15)24-9-12-6-7-13(18)8-14(12)19/h2-8H,9H2,1H3,(H,20,22,23). The van der Waals surface area contributed by atoms with Gasteiger partial charge in [0.25, 0.3) is 5.56 Å². The molecule has 122 valence electrons. The fourth-order valence-corrected chi connectivity index (χ4v) is 3.43. The monoisotopic (exact) mass is 377 g/mol. The van der Waals surface area contributed by atoms with Crippen LogP contribution in [0.2, 0.25) is 10.0 Å². The SMILES string of the molecule is Cc1ccc(-c2nnc(SCc3ccc(Cl)cc3Cl)[nH]c2=O)cc1. The van der Waals surface area contributed by atoms with Crippen molar-refractivity contribution >= 4 is 35.0 Å². The van der Waals surface area contributed by atoms with Crippen molar-refractivity contribution in [2.45, 2.75) is 17.8 Å². The molecule has 7 heteroatoms. The Labute approximate surface area is 153 Å². The first-order valence-electron chi connectivity index (χ1n) is 7.14. The van der Waals surface area contributed by atoms with Gasteiger partial charge in [-0.3, -0.25) is 9.78 Å². The first-order chi connectivity index (χ1) is 11.5. The molecule has 3 aromatic rings. The lowest BCUT2D eigenvalue weighted by Crippen LogP contribution is -2.14. The molecule has 1 heterocycles. The highest BCUT2D eigenvalue weighted by Gasteiger charge is 2.09. The van der Waals surface area contributed by atoms with Gasteiger partial charge < -0.3 is 0 Å². The van der Waals surface area contributed by atoms with Gasteiger partial charge in [-0.05, 0) is 24.6 Å². The fraction of sp³-hybridized carbons (Fsp3) is 0.118. The van der Waals surface area contributed by atoms with Crippen LogP contribution in [0, 0.1) is 6.92 Å². The number of benzene rings is 2. The number of thioether (sulfide) groups is 1. The van der Waals surface area contributed by atoms with E-state index in [2.05, 4.69) is 15.2 Å². The number of aromatic amines is 1. The summed E-state index contributed by atoms with van der Waals surface area (Å²) in [6.45, 7) is 1.99. The second-order valence-corrected chi connectivity index (χ2v) is 7.01. The normalized spacial score (nSPS) is 10.8. The molecule has 0 aliphatic carbocycles. The molecule has 1 aromatic heterocycles. The maximum atomic E-state index is 12.2. The van der Waals surface area contributed by atoms with Crippen LogP contribution in [-0.4, -0.2) is 15.2 Å². The van der Waals surface area contributed by atoms with E-state index in [1.807, 2.05) is 37.3 Å². The van der Waals surface area contributed by atoms with Crippen LogP contribution in [0.3, 0.4) is 0 Å². The number of aryl methyl sites for hydroxylation is 1. The van der Waals surface area contributed by atoms with Crippen molar-refractivity contribution in [3.05, 3.63) is 74.0 Å². The Balaban J connectivity index is 1.77. The van der Waals surface area contributed by atoms with E-state index in [0.717, 1.165) is 16.7 Å². The number of H-pyrrole nitrogens is 1. The molecule has 0 saturated carbocycles. The highest BCUT2D eigenvalue weighted by Crippen LogP contribution is 2.26. The van der Waals surface area contributed by atoms with Crippen molar-refractivity contribution in [3.8, 4) is 11.3 Å². The van der Waals surface area contributed by atoms with Crippen molar-refractivity contribution in [1.82, 2.24) is 15.2 Å². The summed E-state index contributed by atoms with van der Waals surface area (Å²) in [4.78, 5) is 15.0. The molecular formula is C17H13Cl2N3OS. The molecule has 1 N–H and O–H groups in total. The van der Waals surface area contributed by atoms with Crippen LogP contribution in [0.25, 0.3) is 11.3 Å². The average Bonchev–Trinajstić information content (AvgIpc) is 2.55. The first kappa shape index (κ1) is 17.0. The largest absolute Gasteiger partial charge is 0.298 e. The molecule has 0 amide bonds. The number of nitrogens with one attached hydrogen (secondary N) is 1. The highest BCUT2D eigenvalue weighted by atomic mass is 35.5. The Morgan fingerprint density at radius 3 is 2.50 bits per heavy atom. The van der Waals surface area contributed by atoms with Gasteiger partial charge in [0.2, 0.25) is 0 Å². The van der Waals surface area contributed by atoms with Gasteiger partial charge >= 0.3 is 0 Å². The average molecular weight is 378 g/mol. The van der Waals surface area contributed by atoms with Crippen molar-refractivity contribution in [1.29, 1.82) is 0 Å². The Hall–Kier alpha value is -1.82. The van der Waals surface area contributed by atoms with Gasteiger partial charge in [0, 0.05) is 21.4 Å². The molecule has 0 atom stereocenters. The summed E-state index contributed by atoms with van der Waals surface area (Å²) in [5.41, 5.74) is 2.82. The number of hydrogen-bond donors (Lipinski definition) is 1. The Bertz CT molecular complexity index is 926. The zero-order valence-corrected chi connectivity index (χ0v) is 15.0. The van der Waals surface area contributed by atoms with Gasteiger partial charge in [-0.15, -0.1) is 10.2 Å². The van der Waals surface area contributed by atoms with Crippen LogP contribution in [-0.2, 0) is 5.75 Å². The van der Waals surface area contributed by atoms with Gasteiger partial charge in [0.05, 0.1) is 0 Å². The zero-order valence-electron chi connectivity index (χ0n) is 12.7. The molecule has 0 aliphatic rings. The molecule has 0 spiro atoms. The Morgan fingerprint density at radius 2 is 1.83 bits per heavy atom. The predicted octanol–water partition coefficient (Wildman–Crippen LogP) is 4.74. The molecule has 0 bridgehead atoms. The van der Waals surface area contributed by atoms with Crippen LogP contribution >= 0.6 is 35.0 Å². The van der Waals surface area contributed by atoms with E-state index in [4.69, 9.17) is 23.2 Å². The minimum Gasteiger partial charge on any atom is -0.298 e. The number of halogens is 2. The first-order valence-corrected chi connectivity index (χ1v) is 8.88. The molecule has 0 radical (unpaired) electrons. The number of hydrogen-bond acceptors (Lipinski definition) is 4. The van der Waals surface area contributed by atoms with Crippen LogP contribution in [0.4, 0.5) is 0 Å². The van der Waals surface area contributed by atoms with Gasteiger partial charge in [-0.1, -0.05) is 70.9 Å². The molecule has 0 unspecified atom stereocenters. The van der Waals surface area contributed by atoms with Gasteiger partial charge in [-0.2, -0.15) is 0 Å². The fourth-order valence-electron chi connectivity index (χ4n) is 2.07. The molecular weight excluding hydrogens is 365 g/mol. The van der Waals surface area contributed by atoms with E-state index in [0.29, 0.717) is 26.6 Å². The van der Waals surface area contributed by atoms with Gasteiger partial charge in [0.1, 0.15) is 0 Å². The van der Waals surface area contributed by atoms with E-state index >= 15 is 0 Å². The molecule has 2 aromatic carbocycles. The molecule has 0 fully saturated rings. The van der Waals surface area contributed by atoms with Gasteiger partial charge in [-0.25, -0.2) is 0 Å². The highest BCUT2D eigenvalue weighted by molar-refractivity contribution is 7.98. The van der Waals surface area contributed by atoms with Gasteiger partial charge in [0.15, 0.2) is 10.9 Å². The van der Waals surface area contributed by atoms with Crippen molar-refractivity contribution in [2.24, 2.45) is 0 Å². The second-order valence-electron chi connectivity index (χ2n) is 5.20. The molecule has 4 nitrogen and oxygen atoms in total. The number of rotatable bonds is 4. The summed E-state index contributed by atoms with van der Waals surface area (Å²) in [6.07, 6.45) is 0. The minimum atomic E-state index is -0.265. The lowest BCUT2D eigenvalue weighted by Gasteiger charge is -2.05. The maximum absolute atomic E-state index is 12.2. The van der Waals surface area contributed by atoms with Crippen LogP contribution in [0.5, 0.6) is 0 Å². The third-order valence-corrected chi connectivity index (χ3v) is 4.88. The molecule has 0 aliphatic heterocycles. The Kier molecular flexibility index (Phi) is 5.23. The summed E-state index contributed by atoms with van der Waals surface area (Å²) < 4.78 is 0. The zero-order chi connectivity index (χ0) is 17.1. The third-order valence-electron chi connectivity index (χ3n) is 3.38. The Morgan fingerprint density at radius 1 is 1.08 bits per heavy atom. The lowest BCUT2D eigenvalue weighted by atomic mass is 10.1. The van der Waals surface area contributed by atoms with Crippen molar-refractivity contribution in [2.75, 3.05) is 0 Å². The quantitative estimate of drug-likeness (QED) is 0.667. The summed E-state index contributed by atoms with van der Waals surface area (Å²) in [6, 6.07) is 12.9. The summed E-state index contributed by atoms with van der Waals surface area (Å²) in [7, 11) is 0. The number of nitrogens with zero attached hydrogens (tertiary/aromatic N) is 2. The van der Waals surface area contributed by atoms with E-state index in [-0.39, 0.29) is 5.56 Å². The van der Waals surface area contributed by atoms with E-state index in [1.165, 1.54) is 11.8 Å². The second kappa shape index (κ2) is 7.38. The van der Waals surface area contributed by atoms with E-state index in [9.17, 15) is 4.79 Å². The topological polar surface area (TPSA) is 58.6 Å². The van der Waals surface area contributed by atoms with E-state index < -0.39 is 0 Å². The number of aromatic nitrogens is 3.